The van der Waals surface area contributed by atoms with E-state index in [0.717, 1.165) is 41.9 Å². The highest BCUT2D eigenvalue weighted by Crippen LogP contribution is 2.31. The first-order chi connectivity index (χ1) is 10.6. The van der Waals surface area contributed by atoms with Gasteiger partial charge in [-0.2, -0.15) is 5.10 Å². The van der Waals surface area contributed by atoms with Crippen molar-refractivity contribution in [3.8, 4) is 0 Å². The minimum atomic E-state index is -0.371. The Bertz CT molecular complexity index is 688. The molecule has 2 aromatic rings. The average Bonchev–Trinajstić information content (AvgIpc) is 2.88. The van der Waals surface area contributed by atoms with E-state index in [0.29, 0.717) is 17.7 Å². The molecule has 0 radical (unpaired) electrons. The lowest BCUT2D eigenvalue weighted by Gasteiger charge is -2.26. The van der Waals surface area contributed by atoms with Gasteiger partial charge in [0.05, 0.1) is 23.7 Å². The first-order valence-corrected chi connectivity index (χ1v) is 8.09. The maximum absolute atomic E-state index is 11.2. The summed E-state index contributed by atoms with van der Waals surface area (Å²) in [6.45, 7) is 4.80. The van der Waals surface area contributed by atoms with E-state index in [1.54, 1.807) is 6.07 Å². The van der Waals surface area contributed by atoms with Gasteiger partial charge in [0.2, 0.25) is 0 Å². The molecule has 0 bridgehead atoms. The molecule has 1 aliphatic heterocycles. The number of nitrogens with zero attached hydrogens (tertiary/aromatic N) is 3. The molecule has 0 aliphatic carbocycles. The maximum Gasteiger partial charge on any atom is 0.294 e. The summed E-state index contributed by atoms with van der Waals surface area (Å²) in [4.78, 5) is 13.1. The largest absolute Gasteiger partial charge is 0.379 e. The Balaban J connectivity index is 0.00000192. The third-order valence-corrected chi connectivity index (χ3v) is 4.50. The molecule has 0 saturated carbocycles. The number of aromatic amines is 1. The fourth-order valence-corrected chi connectivity index (χ4v) is 3.05. The van der Waals surface area contributed by atoms with Crippen molar-refractivity contribution in [2.45, 2.75) is 0 Å². The summed E-state index contributed by atoms with van der Waals surface area (Å²) in [7, 11) is 0. The van der Waals surface area contributed by atoms with Crippen LogP contribution >= 0.6 is 46.6 Å². The molecule has 1 aliphatic rings. The predicted octanol–water partition coefficient (Wildman–Crippen LogP) is 2.44. The molecular formula is C13H17I2N5O3. The molecular weight excluding hydrogens is 528 g/mol. The van der Waals surface area contributed by atoms with E-state index in [9.17, 15) is 10.1 Å². The molecule has 1 aromatic heterocycles. The van der Waals surface area contributed by atoms with E-state index in [4.69, 9.17) is 4.74 Å². The number of halogens is 2. The molecule has 1 fully saturated rings. The number of benzene rings is 1. The fourth-order valence-electron chi connectivity index (χ4n) is 2.49. The Morgan fingerprint density at radius 3 is 2.87 bits per heavy atom. The monoisotopic (exact) mass is 545 g/mol. The van der Waals surface area contributed by atoms with Crippen LogP contribution < -0.4 is 5.32 Å². The van der Waals surface area contributed by atoms with Gasteiger partial charge in [-0.05, 0) is 28.7 Å². The van der Waals surface area contributed by atoms with Crippen LogP contribution in [0.15, 0.2) is 12.1 Å². The van der Waals surface area contributed by atoms with Crippen LogP contribution in [-0.2, 0) is 4.74 Å². The molecule has 126 valence electrons. The van der Waals surface area contributed by atoms with Gasteiger partial charge in [0, 0.05) is 37.6 Å². The van der Waals surface area contributed by atoms with E-state index in [-0.39, 0.29) is 34.6 Å². The molecule has 1 saturated heterocycles. The van der Waals surface area contributed by atoms with Crippen LogP contribution in [0.5, 0.6) is 0 Å². The van der Waals surface area contributed by atoms with E-state index >= 15 is 0 Å². The number of hydrogen-bond acceptors (Lipinski definition) is 6. The van der Waals surface area contributed by atoms with Crippen molar-refractivity contribution in [1.82, 2.24) is 15.1 Å². The highest BCUT2D eigenvalue weighted by atomic mass is 127. The number of H-pyrrole nitrogens is 1. The lowest BCUT2D eigenvalue weighted by molar-refractivity contribution is -0.383. The number of morpholine rings is 1. The fraction of sp³-hybridized carbons (Fsp3) is 0.462. The zero-order valence-corrected chi connectivity index (χ0v) is 16.7. The maximum atomic E-state index is 11.2. The van der Waals surface area contributed by atoms with Crippen LogP contribution in [0.25, 0.3) is 10.9 Å². The lowest BCUT2D eigenvalue weighted by Crippen LogP contribution is -2.39. The Kier molecular flexibility index (Phi) is 6.79. The number of rotatable bonds is 5. The van der Waals surface area contributed by atoms with Gasteiger partial charge in [0.25, 0.3) is 5.69 Å². The minimum absolute atomic E-state index is 0. The summed E-state index contributed by atoms with van der Waals surface area (Å²) in [5.41, 5.74) is 1.27. The van der Waals surface area contributed by atoms with Crippen molar-refractivity contribution in [3.63, 3.8) is 0 Å². The molecule has 8 nitrogen and oxygen atoms in total. The van der Waals surface area contributed by atoms with Gasteiger partial charge in [0.1, 0.15) is 9.39 Å². The van der Waals surface area contributed by atoms with Crippen LogP contribution in [-0.4, -0.2) is 59.4 Å². The first kappa shape index (κ1) is 18.6. The van der Waals surface area contributed by atoms with E-state index in [1.807, 2.05) is 0 Å². The predicted molar refractivity (Wildman–Crippen MR) is 107 cm³/mol. The number of nitro groups is 1. The summed E-state index contributed by atoms with van der Waals surface area (Å²) >= 11 is 2.11. The zero-order chi connectivity index (χ0) is 15.5. The Hall–Kier alpha value is -0.730. The third kappa shape index (κ3) is 4.42. The van der Waals surface area contributed by atoms with Gasteiger partial charge in [0.15, 0.2) is 0 Å². The Morgan fingerprint density at radius 2 is 2.17 bits per heavy atom. The van der Waals surface area contributed by atoms with Crippen molar-refractivity contribution in [3.05, 3.63) is 25.9 Å². The second-order valence-corrected chi connectivity index (χ2v) is 6.09. The van der Waals surface area contributed by atoms with Crippen LogP contribution in [0.4, 0.5) is 11.4 Å². The van der Waals surface area contributed by atoms with Gasteiger partial charge in [-0.15, -0.1) is 24.0 Å². The van der Waals surface area contributed by atoms with Gasteiger partial charge in [-0.3, -0.25) is 20.1 Å². The number of nitrogens with one attached hydrogen (secondary N) is 2. The summed E-state index contributed by atoms with van der Waals surface area (Å²) in [5, 5.41) is 22.2. The van der Waals surface area contributed by atoms with Crippen LogP contribution in [0.3, 0.4) is 0 Å². The molecule has 0 unspecified atom stereocenters. The number of aromatic nitrogens is 2. The van der Waals surface area contributed by atoms with E-state index < -0.39 is 0 Å². The molecule has 10 heteroatoms. The number of hydrogen-bond donors (Lipinski definition) is 2. The van der Waals surface area contributed by atoms with Crippen molar-refractivity contribution >= 4 is 68.8 Å². The zero-order valence-electron chi connectivity index (χ0n) is 12.2. The highest BCUT2D eigenvalue weighted by molar-refractivity contribution is 14.1. The SMILES string of the molecule is I.O=[N+]([O-])c1cc2[nH]nc(I)c2cc1NCCN1CCOCC1. The topological polar surface area (TPSA) is 96.3 Å². The molecule has 3 rings (SSSR count). The van der Waals surface area contributed by atoms with Crippen molar-refractivity contribution in [2.24, 2.45) is 0 Å². The second-order valence-electron chi connectivity index (χ2n) is 5.07. The average molecular weight is 545 g/mol. The smallest absolute Gasteiger partial charge is 0.294 e. The highest BCUT2D eigenvalue weighted by Gasteiger charge is 2.18. The second kappa shape index (κ2) is 8.39. The van der Waals surface area contributed by atoms with Crippen molar-refractivity contribution in [1.29, 1.82) is 0 Å². The molecule has 23 heavy (non-hydrogen) atoms. The molecule has 2 N–H and O–H groups in total. The van der Waals surface area contributed by atoms with Crippen LogP contribution in [0, 0.1) is 13.8 Å². The van der Waals surface area contributed by atoms with E-state index in [2.05, 4.69) is 43.0 Å². The molecule has 2 heterocycles. The number of fused-ring (bicyclic) bond motifs is 1. The number of ether oxygens (including phenoxy) is 1. The molecule has 0 amide bonds. The standard InChI is InChI=1S/C13H16IN5O3.HI/c14-13-9-7-11(12(19(20)21)8-10(9)16-17-13)15-1-2-18-3-5-22-6-4-18;/h7-8,15H,1-6H2,(H,16,17);1H. The first-order valence-electron chi connectivity index (χ1n) is 7.01. The van der Waals surface area contributed by atoms with E-state index in [1.165, 1.54) is 6.07 Å². The minimum Gasteiger partial charge on any atom is -0.379 e. The summed E-state index contributed by atoms with van der Waals surface area (Å²) in [5.74, 6) is 0. The van der Waals surface area contributed by atoms with Gasteiger partial charge >= 0.3 is 0 Å². The van der Waals surface area contributed by atoms with Gasteiger partial charge < -0.3 is 10.1 Å². The third-order valence-electron chi connectivity index (χ3n) is 3.68. The summed E-state index contributed by atoms with van der Waals surface area (Å²) in [6.07, 6.45) is 0. The van der Waals surface area contributed by atoms with Crippen molar-refractivity contribution in [2.75, 3.05) is 44.7 Å². The lowest BCUT2D eigenvalue weighted by atomic mass is 10.2. The van der Waals surface area contributed by atoms with Crippen molar-refractivity contribution < 1.29 is 9.66 Å². The number of nitro benzene ring substituents is 1. The van der Waals surface area contributed by atoms with Crippen LogP contribution in [0.1, 0.15) is 0 Å². The Labute approximate surface area is 163 Å². The molecule has 0 atom stereocenters. The number of anilines is 1. The quantitative estimate of drug-likeness (QED) is 0.341. The van der Waals surface area contributed by atoms with Gasteiger partial charge in [-0.25, -0.2) is 0 Å². The summed E-state index contributed by atoms with van der Waals surface area (Å²) < 4.78 is 6.11. The molecule has 1 aromatic carbocycles. The Morgan fingerprint density at radius 1 is 1.43 bits per heavy atom. The van der Waals surface area contributed by atoms with Crippen LogP contribution in [0.2, 0.25) is 0 Å². The molecule has 0 spiro atoms. The summed E-state index contributed by atoms with van der Waals surface area (Å²) in [6, 6.07) is 3.32. The van der Waals surface area contributed by atoms with Gasteiger partial charge in [-0.1, -0.05) is 0 Å². The normalized spacial score (nSPS) is 15.3.